The molecule has 0 unspecified atom stereocenters. The summed E-state index contributed by atoms with van der Waals surface area (Å²) in [5, 5.41) is 2.95. The second kappa shape index (κ2) is 8.15. The van der Waals surface area contributed by atoms with Crippen LogP contribution in [0.2, 0.25) is 0 Å². The summed E-state index contributed by atoms with van der Waals surface area (Å²) >= 11 is 0. The molecule has 0 saturated carbocycles. The summed E-state index contributed by atoms with van der Waals surface area (Å²) in [5.74, 6) is 1.23. The van der Waals surface area contributed by atoms with E-state index in [2.05, 4.69) is 19.2 Å². The Morgan fingerprint density at radius 3 is 2.59 bits per heavy atom. The van der Waals surface area contributed by atoms with Crippen LogP contribution in [0.5, 0.6) is 11.5 Å². The Hall–Kier alpha value is -3.02. The van der Waals surface area contributed by atoms with E-state index < -0.39 is 0 Å². The van der Waals surface area contributed by atoms with Gasteiger partial charge in [-0.2, -0.15) is 0 Å². The molecule has 2 amide bonds. The molecule has 0 radical (unpaired) electrons. The van der Waals surface area contributed by atoms with Crippen molar-refractivity contribution in [3.05, 3.63) is 48.0 Å². The summed E-state index contributed by atoms with van der Waals surface area (Å²) in [6, 6.07) is 13.4. The van der Waals surface area contributed by atoms with Crippen molar-refractivity contribution in [1.29, 1.82) is 0 Å². The van der Waals surface area contributed by atoms with E-state index in [9.17, 15) is 9.59 Å². The van der Waals surface area contributed by atoms with Crippen molar-refractivity contribution in [2.75, 3.05) is 30.0 Å². The molecule has 29 heavy (non-hydrogen) atoms. The normalized spacial score (nSPS) is 19.2. The molecule has 2 aliphatic heterocycles. The number of benzene rings is 2. The zero-order valence-electron chi connectivity index (χ0n) is 16.8. The van der Waals surface area contributed by atoms with Crippen LogP contribution in [-0.4, -0.2) is 31.6 Å². The fourth-order valence-corrected chi connectivity index (χ4v) is 3.71. The van der Waals surface area contributed by atoms with E-state index >= 15 is 0 Å². The van der Waals surface area contributed by atoms with Crippen LogP contribution in [0.3, 0.4) is 0 Å². The Kier molecular flexibility index (Phi) is 5.43. The minimum atomic E-state index is -0.384. The monoisotopic (exact) mass is 394 g/mol. The van der Waals surface area contributed by atoms with Crippen molar-refractivity contribution >= 4 is 23.2 Å². The number of carbonyl (C=O) groups excluding carboxylic acids is 2. The van der Waals surface area contributed by atoms with Gasteiger partial charge in [0.25, 0.3) is 0 Å². The summed E-state index contributed by atoms with van der Waals surface area (Å²) in [6.07, 6.45) is 1.27. The zero-order valence-corrected chi connectivity index (χ0v) is 16.8. The van der Waals surface area contributed by atoms with Gasteiger partial charge in [-0.3, -0.25) is 9.59 Å². The second-order valence-electron chi connectivity index (χ2n) is 7.65. The van der Waals surface area contributed by atoms with Crippen LogP contribution in [0.1, 0.15) is 38.2 Å². The van der Waals surface area contributed by atoms with Crippen molar-refractivity contribution < 1.29 is 19.1 Å². The minimum absolute atomic E-state index is 0.0612. The quantitative estimate of drug-likeness (QED) is 0.833. The number of rotatable bonds is 5. The summed E-state index contributed by atoms with van der Waals surface area (Å²) in [5.41, 5.74) is 2.74. The smallest absolute Gasteiger partial charge is 0.229 e. The number of nitrogens with zero attached hydrogens (tertiary/aromatic N) is 1. The molecule has 1 fully saturated rings. The molecular formula is C23H26N2O4. The molecule has 0 aromatic heterocycles. The molecule has 6 heteroatoms. The average molecular weight is 394 g/mol. The summed E-state index contributed by atoms with van der Waals surface area (Å²) in [7, 11) is 0. The Bertz CT molecular complexity index is 910. The third-order valence-electron chi connectivity index (χ3n) is 5.69. The van der Waals surface area contributed by atoms with Crippen molar-refractivity contribution in [2.45, 2.75) is 32.6 Å². The maximum Gasteiger partial charge on any atom is 0.229 e. The first kappa shape index (κ1) is 19.3. The van der Waals surface area contributed by atoms with Gasteiger partial charge in [0.15, 0.2) is 11.5 Å². The summed E-state index contributed by atoms with van der Waals surface area (Å²) in [4.78, 5) is 26.9. The predicted molar refractivity (Wildman–Crippen MR) is 112 cm³/mol. The first-order valence-corrected chi connectivity index (χ1v) is 10.2. The Morgan fingerprint density at radius 1 is 1.14 bits per heavy atom. The maximum atomic E-state index is 12.7. The Labute approximate surface area is 170 Å². The van der Waals surface area contributed by atoms with Gasteiger partial charge in [0.2, 0.25) is 11.8 Å². The molecule has 2 aromatic rings. The molecule has 2 heterocycles. The second-order valence-corrected chi connectivity index (χ2v) is 7.65. The lowest BCUT2D eigenvalue weighted by molar-refractivity contribution is -0.122. The highest BCUT2D eigenvalue weighted by Crippen LogP contribution is 2.36. The Balaban J connectivity index is 1.41. The van der Waals surface area contributed by atoms with E-state index in [1.54, 1.807) is 11.0 Å². The molecule has 152 valence electrons. The fraction of sp³-hybridized carbons (Fsp3) is 0.391. The van der Waals surface area contributed by atoms with Crippen LogP contribution in [-0.2, 0) is 9.59 Å². The maximum absolute atomic E-state index is 12.7. The van der Waals surface area contributed by atoms with E-state index in [1.807, 2.05) is 36.4 Å². The number of anilines is 2. The number of hydrogen-bond acceptors (Lipinski definition) is 4. The van der Waals surface area contributed by atoms with Gasteiger partial charge < -0.3 is 19.7 Å². The number of fused-ring (bicyclic) bond motifs is 1. The molecule has 0 bridgehead atoms. The van der Waals surface area contributed by atoms with E-state index in [0.717, 1.165) is 17.8 Å². The average Bonchev–Trinajstić information content (AvgIpc) is 3.15. The number of ether oxygens (including phenoxy) is 2. The highest BCUT2D eigenvalue weighted by molar-refractivity contribution is 6.03. The van der Waals surface area contributed by atoms with Crippen LogP contribution in [0.25, 0.3) is 0 Å². The van der Waals surface area contributed by atoms with Crippen LogP contribution >= 0.6 is 0 Å². The van der Waals surface area contributed by atoms with E-state index in [1.165, 1.54) is 5.56 Å². The molecule has 1 saturated heterocycles. The zero-order chi connectivity index (χ0) is 20.4. The van der Waals surface area contributed by atoms with Gasteiger partial charge in [0, 0.05) is 30.4 Å². The van der Waals surface area contributed by atoms with E-state index in [0.29, 0.717) is 37.2 Å². The fourth-order valence-electron chi connectivity index (χ4n) is 3.71. The van der Waals surface area contributed by atoms with Gasteiger partial charge in [-0.1, -0.05) is 26.0 Å². The first-order valence-electron chi connectivity index (χ1n) is 10.2. The van der Waals surface area contributed by atoms with Gasteiger partial charge in [0.05, 0.1) is 5.92 Å². The minimum Gasteiger partial charge on any atom is -0.486 e. The van der Waals surface area contributed by atoms with Crippen LogP contribution in [0.15, 0.2) is 42.5 Å². The van der Waals surface area contributed by atoms with Crippen molar-refractivity contribution in [1.82, 2.24) is 0 Å². The van der Waals surface area contributed by atoms with Crippen molar-refractivity contribution in [2.24, 2.45) is 5.92 Å². The number of hydrogen-bond donors (Lipinski definition) is 1. The van der Waals surface area contributed by atoms with Gasteiger partial charge in [0.1, 0.15) is 13.2 Å². The molecular weight excluding hydrogens is 368 g/mol. The number of nitrogens with one attached hydrogen (secondary N) is 1. The van der Waals surface area contributed by atoms with Crippen molar-refractivity contribution in [3.63, 3.8) is 0 Å². The molecule has 1 N–H and O–H groups in total. The van der Waals surface area contributed by atoms with Gasteiger partial charge in [-0.05, 0) is 42.2 Å². The lowest BCUT2D eigenvalue weighted by Crippen LogP contribution is -2.28. The number of carbonyl (C=O) groups is 2. The predicted octanol–water partition coefficient (Wildman–Crippen LogP) is 3.96. The van der Waals surface area contributed by atoms with Gasteiger partial charge in [-0.15, -0.1) is 0 Å². The number of amides is 2. The third-order valence-corrected chi connectivity index (χ3v) is 5.69. The Morgan fingerprint density at radius 2 is 1.86 bits per heavy atom. The standard InChI is InChI=1S/C23H26N2O4/c1-3-15(2)16-4-6-18(7-5-16)24-23(27)17-12-22(26)25(14-17)19-8-9-20-21(13-19)29-11-10-28-20/h4-9,13,15,17H,3,10-12,14H2,1-2H3,(H,24,27)/t15-,17-/m1/s1. The molecule has 2 aliphatic rings. The topological polar surface area (TPSA) is 67.9 Å². The van der Waals surface area contributed by atoms with E-state index in [4.69, 9.17) is 9.47 Å². The molecule has 0 spiro atoms. The lowest BCUT2D eigenvalue weighted by atomic mass is 9.98. The third kappa shape index (κ3) is 4.06. The van der Waals surface area contributed by atoms with Gasteiger partial charge in [-0.25, -0.2) is 0 Å². The molecule has 6 nitrogen and oxygen atoms in total. The van der Waals surface area contributed by atoms with Crippen molar-refractivity contribution in [3.8, 4) is 11.5 Å². The lowest BCUT2D eigenvalue weighted by Gasteiger charge is -2.22. The highest BCUT2D eigenvalue weighted by Gasteiger charge is 2.35. The van der Waals surface area contributed by atoms with Crippen LogP contribution in [0, 0.1) is 5.92 Å². The summed E-state index contributed by atoms with van der Waals surface area (Å²) in [6.45, 7) is 5.71. The van der Waals surface area contributed by atoms with Crippen LogP contribution in [0.4, 0.5) is 11.4 Å². The largest absolute Gasteiger partial charge is 0.486 e. The molecule has 4 rings (SSSR count). The first-order chi connectivity index (χ1) is 14.0. The van der Waals surface area contributed by atoms with Crippen LogP contribution < -0.4 is 19.7 Å². The SMILES string of the molecule is CC[C@@H](C)c1ccc(NC(=O)[C@@H]2CC(=O)N(c3ccc4c(c3)OCCO4)C2)cc1. The highest BCUT2D eigenvalue weighted by atomic mass is 16.6. The summed E-state index contributed by atoms with van der Waals surface area (Å²) < 4.78 is 11.1. The molecule has 2 aromatic carbocycles. The van der Waals surface area contributed by atoms with E-state index in [-0.39, 0.29) is 24.2 Å². The van der Waals surface area contributed by atoms with Gasteiger partial charge >= 0.3 is 0 Å². The molecule has 2 atom stereocenters. The molecule has 0 aliphatic carbocycles.